The van der Waals surface area contributed by atoms with Crippen LogP contribution in [-0.4, -0.2) is 30.6 Å². The second kappa shape index (κ2) is 5.97. The maximum absolute atomic E-state index is 10.4. The Morgan fingerprint density at radius 1 is 1.50 bits per heavy atom. The van der Waals surface area contributed by atoms with Crippen LogP contribution in [0.4, 0.5) is 0 Å². The summed E-state index contributed by atoms with van der Waals surface area (Å²) in [6, 6.07) is 0. The third-order valence-corrected chi connectivity index (χ3v) is 1.26. The van der Waals surface area contributed by atoms with Crippen molar-refractivity contribution in [2.45, 2.75) is 27.1 Å². The molecule has 0 aliphatic heterocycles. The van der Waals surface area contributed by atoms with E-state index in [1.54, 1.807) is 6.92 Å². The van der Waals surface area contributed by atoms with Crippen molar-refractivity contribution in [1.29, 1.82) is 0 Å². The Hall–Kier alpha value is -0.610. The van der Waals surface area contributed by atoms with Gasteiger partial charge in [0.25, 0.3) is 0 Å². The Morgan fingerprint density at radius 3 is 2.50 bits per heavy atom. The fraction of sp³-hybridized carbons (Fsp3) is 0.875. The first kappa shape index (κ1) is 11.4. The number of hydrogen-bond acceptors (Lipinski definition) is 4. The topological polar surface area (TPSA) is 55.8 Å². The first-order valence-electron chi connectivity index (χ1n) is 3.96. The zero-order chi connectivity index (χ0) is 9.56. The average Bonchev–Trinajstić information content (AvgIpc) is 1.99. The number of carbonyl (C=O) groups is 1. The van der Waals surface area contributed by atoms with Crippen molar-refractivity contribution in [2.24, 2.45) is 5.92 Å². The number of aliphatic hydroxyl groups excluding tert-OH is 1. The van der Waals surface area contributed by atoms with Crippen LogP contribution in [0, 0.1) is 5.92 Å². The molecule has 12 heavy (non-hydrogen) atoms. The first-order chi connectivity index (χ1) is 5.56. The predicted molar refractivity (Wildman–Crippen MR) is 43.4 cm³/mol. The number of esters is 1. The van der Waals surface area contributed by atoms with Crippen LogP contribution < -0.4 is 0 Å². The van der Waals surface area contributed by atoms with Gasteiger partial charge in [0, 0.05) is 19.4 Å². The van der Waals surface area contributed by atoms with Crippen LogP contribution in [0.2, 0.25) is 0 Å². The molecule has 4 nitrogen and oxygen atoms in total. The van der Waals surface area contributed by atoms with Gasteiger partial charge < -0.3 is 14.6 Å². The van der Waals surface area contributed by atoms with Gasteiger partial charge in [0.1, 0.15) is 0 Å². The van der Waals surface area contributed by atoms with Gasteiger partial charge in [-0.05, 0) is 6.92 Å². The third-order valence-electron chi connectivity index (χ3n) is 1.26. The Kier molecular flexibility index (Phi) is 5.66. The van der Waals surface area contributed by atoms with Crippen molar-refractivity contribution in [3.05, 3.63) is 0 Å². The van der Waals surface area contributed by atoms with E-state index < -0.39 is 6.29 Å². The van der Waals surface area contributed by atoms with E-state index in [0.29, 0.717) is 6.61 Å². The molecule has 0 spiro atoms. The second-order valence-corrected chi connectivity index (χ2v) is 2.80. The molecule has 0 aromatic heterocycles. The number of hydrogen-bond donors (Lipinski definition) is 1. The highest BCUT2D eigenvalue weighted by Gasteiger charge is 2.07. The average molecular weight is 176 g/mol. The quantitative estimate of drug-likeness (QED) is 0.490. The molecule has 0 radical (unpaired) electrons. The van der Waals surface area contributed by atoms with Crippen LogP contribution >= 0.6 is 0 Å². The summed E-state index contributed by atoms with van der Waals surface area (Å²) in [7, 11) is 0. The van der Waals surface area contributed by atoms with Gasteiger partial charge in [-0.15, -0.1) is 0 Å². The lowest BCUT2D eigenvalue weighted by Gasteiger charge is -2.14. The molecule has 0 aromatic rings. The summed E-state index contributed by atoms with van der Waals surface area (Å²) in [5, 5.41) is 8.64. The summed E-state index contributed by atoms with van der Waals surface area (Å²) in [6.07, 6.45) is -0.531. The minimum atomic E-state index is -0.531. The van der Waals surface area contributed by atoms with Gasteiger partial charge in [-0.1, -0.05) is 6.92 Å². The van der Waals surface area contributed by atoms with Crippen molar-refractivity contribution in [2.75, 3.05) is 13.2 Å². The lowest BCUT2D eigenvalue weighted by atomic mass is 10.2. The Balaban J connectivity index is 3.43. The highest BCUT2D eigenvalue weighted by atomic mass is 16.7. The van der Waals surface area contributed by atoms with E-state index >= 15 is 0 Å². The van der Waals surface area contributed by atoms with Crippen molar-refractivity contribution >= 4 is 5.97 Å². The molecule has 0 aliphatic carbocycles. The molecule has 4 heteroatoms. The van der Waals surface area contributed by atoms with Crippen LogP contribution in [0.25, 0.3) is 0 Å². The number of rotatable bonds is 5. The van der Waals surface area contributed by atoms with Crippen LogP contribution in [0.15, 0.2) is 0 Å². The molecular weight excluding hydrogens is 160 g/mol. The van der Waals surface area contributed by atoms with E-state index in [1.165, 1.54) is 6.92 Å². The molecule has 72 valence electrons. The van der Waals surface area contributed by atoms with Gasteiger partial charge in [-0.3, -0.25) is 4.79 Å². The Morgan fingerprint density at radius 2 is 2.08 bits per heavy atom. The third kappa shape index (κ3) is 6.12. The van der Waals surface area contributed by atoms with Crippen LogP contribution in [0.3, 0.4) is 0 Å². The lowest BCUT2D eigenvalue weighted by molar-refractivity contribution is -0.174. The molecule has 0 saturated heterocycles. The van der Waals surface area contributed by atoms with Gasteiger partial charge in [0.05, 0.1) is 6.61 Å². The molecule has 0 heterocycles. The van der Waals surface area contributed by atoms with Gasteiger partial charge in [0.2, 0.25) is 0 Å². The van der Waals surface area contributed by atoms with Gasteiger partial charge in [-0.2, -0.15) is 0 Å². The molecule has 1 N–H and O–H groups in total. The standard InChI is InChI=1S/C8H16O4/c1-6(4-9)5-11-8(3)12-7(2)10/h6,8-9H,4-5H2,1-3H3/t6-,8?/m0/s1. The summed E-state index contributed by atoms with van der Waals surface area (Å²) >= 11 is 0. The van der Waals surface area contributed by atoms with Gasteiger partial charge in [-0.25, -0.2) is 0 Å². The van der Waals surface area contributed by atoms with Crippen molar-refractivity contribution in [3.63, 3.8) is 0 Å². The van der Waals surface area contributed by atoms with Crippen molar-refractivity contribution in [1.82, 2.24) is 0 Å². The molecule has 2 atom stereocenters. The zero-order valence-electron chi connectivity index (χ0n) is 7.74. The minimum Gasteiger partial charge on any atom is -0.436 e. The van der Waals surface area contributed by atoms with Gasteiger partial charge in [0.15, 0.2) is 6.29 Å². The summed E-state index contributed by atoms with van der Waals surface area (Å²) in [4.78, 5) is 10.4. The monoisotopic (exact) mass is 176 g/mol. The maximum atomic E-state index is 10.4. The summed E-state index contributed by atoms with van der Waals surface area (Å²) in [5.74, 6) is -0.290. The largest absolute Gasteiger partial charge is 0.436 e. The van der Waals surface area contributed by atoms with Crippen molar-refractivity contribution in [3.8, 4) is 0 Å². The minimum absolute atomic E-state index is 0.0722. The normalized spacial score (nSPS) is 15.3. The van der Waals surface area contributed by atoms with E-state index in [-0.39, 0.29) is 18.5 Å². The van der Waals surface area contributed by atoms with Crippen LogP contribution in [-0.2, 0) is 14.3 Å². The SMILES string of the molecule is CC(=O)OC(C)OC[C@@H](C)CO. The highest BCUT2D eigenvalue weighted by Crippen LogP contribution is 1.99. The van der Waals surface area contributed by atoms with Crippen molar-refractivity contribution < 1.29 is 19.4 Å². The number of ether oxygens (including phenoxy) is 2. The summed E-state index contributed by atoms with van der Waals surface area (Å²) < 4.78 is 9.80. The molecule has 0 amide bonds. The molecule has 0 saturated carbocycles. The Labute approximate surface area is 72.5 Å². The zero-order valence-corrected chi connectivity index (χ0v) is 7.74. The van der Waals surface area contributed by atoms with E-state index in [0.717, 1.165) is 0 Å². The molecule has 0 fully saturated rings. The smallest absolute Gasteiger partial charge is 0.304 e. The highest BCUT2D eigenvalue weighted by molar-refractivity contribution is 5.65. The first-order valence-corrected chi connectivity index (χ1v) is 3.96. The fourth-order valence-corrected chi connectivity index (χ4v) is 0.620. The number of aliphatic hydroxyl groups is 1. The second-order valence-electron chi connectivity index (χ2n) is 2.80. The molecule has 1 unspecified atom stereocenters. The van der Waals surface area contributed by atoms with E-state index in [1.807, 2.05) is 6.92 Å². The summed E-state index contributed by atoms with van der Waals surface area (Å²) in [6.45, 7) is 5.29. The lowest BCUT2D eigenvalue weighted by Crippen LogP contribution is -2.20. The molecule has 0 aromatic carbocycles. The number of carbonyl (C=O) groups excluding carboxylic acids is 1. The Bertz CT molecular complexity index is 135. The van der Waals surface area contributed by atoms with Crippen LogP contribution in [0.1, 0.15) is 20.8 Å². The molecule has 0 bridgehead atoms. The predicted octanol–water partition coefficient (Wildman–Crippen LogP) is 0.540. The molecule has 0 rings (SSSR count). The van der Waals surface area contributed by atoms with Crippen LogP contribution in [0.5, 0.6) is 0 Å². The van der Waals surface area contributed by atoms with E-state index in [4.69, 9.17) is 14.6 Å². The fourth-order valence-electron chi connectivity index (χ4n) is 0.620. The summed E-state index contributed by atoms with van der Waals surface area (Å²) in [5.41, 5.74) is 0. The molecule has 0 aliphatic rings. The van der Waals surface area contributed by atoms with E-state index in [2.05, 4.69) is 0 Å². The maximum Gasteiger partial charge on any atom is 0.304 e. The van der Waals surface area contributed by atoms with Gasteiger partial charge >= 0.3 is 5.97 Å². The van der Waals surface area contributed by atoms with E-state index in [9.17, 15) is 4.79 Å². The molecular formula is C8H16O4.